The smallest absolute Gasteiger partial charge is 0.212 e. The molecular weight excluding hydrogens is 308 g/mol. The van der Waals surface area contributed by atoms with E-state index in [1.54, 1.807) is 6.21 Å². The molecule has 2 N–H and O–H groups in total. The summed E-state index contributed by atoms with van der Waals surface area (Å²) in [5, 5.41) is 7.92. The number of aliphatic imine (C=N–C) groups is 1. The van der Waals surface area contributed by atoms with Crippen LogP contribution in [-0.4, -0.2) is 25.3 Å². The van der Waals surface area contributed by atoms with Crippen LogP contribution in [0.4, 0.5) is 0 Å². The van der Waals surface area contributed by atoms with Crippen molar-refractivity contribution >= 4 is 23.8 Å². The van der Waals surface area contributed by atoms with Gasteiger partial charge in [0.25, 0.3) is 0 Å². The van der Waals surface area contributed by atoms with E-state index >= 15 is 0 Å². The summed E-state index contributed by atoms with van der Waals surface area (Å²) in [7, 11) is 0. The quantitative estimate of drug-likeness (QED) is 0.507. The van der Waals surface area contributed by atoms with Crippen LogP contribution in [0.15, 0.2) is 58.6 Å². The van der Waals surface area contributed by atoms with E-state index in [4.69, 9.17) is 11.6 Å². The highest BCUT2D eigenvalue weighted by molar-refractivity contribution is 6.30. The van der Waals surface area contributed by atoms with Crippen molar-refractivity contribution in [1.29, 1.82) is 0 Å². The van der Waals surface area contributed by atoms with Crippen molar-refractivity contribution in [3.05, 3.63) is 70.2 Å². The van der Waals surface area contributed by atoms with Gasteiger partial charge >= 0.3 is 0 Å². The Morgan fingerprint density at radius 1 is 1.13 bits per heavy atom. The summed E-state index contributed by atoms with van der Waals surface area (Å²) in [5.74, 6) is 6.93. The monoisotopic (exact) mass is 322 g/mol. The standard InChI is InChI=1S/C18H15ClN4/c19-17-3-1-2-15(12-17)7-4-14-5-8-16(9-6-14)13-22-23-18-20-10-11-21-18/h1-3,5-6,8-9,12-13H,10-11H2,(H2,20,21,23)/b22-13+. The van der Waals surface area contributed by atoms with Gasteiger partial charge in [-0.1, -0.05) is 41.6 Å². The minimum absolute atomic E-state index is 0.692. The number of hydrazone groups is 1. The van der Waals surface area contributed by atoms with Gasteiger partial charge in [-0.25, -0.2) is 10.4 Å². The van der Waals surface area contributed by atoms with Gasteiger partial charge in [0.15, 0.2) is 0 Å². The largest absolute Gasteiger partial charge is 0.353 e. The summed E-state index contributed by atoms with van der Waals surface area (Å²) < 4.78 is 0. The fourth-order valence-corrected chi connectivity index (χ4v) is 2.19. The molecule has 1 aliphatic heterocycles. The first-order valence-electron chi connectivity index (χ1n) is 7.25. The highest BCUT2D eigenvalue weighted by Gasteiger charge is 2.01. The molecule has 2 aromatic carbocycles. The summed E-state index contributed by atoms with van der Waals surface area (Å²) in [6, 6.07) is 15.4. The Kier molecular flexibility index (Phi) is 4.92. The molecule has 0 unspecified atom stereocenters. The van der Waals surface area contributed by atoms with Crippen molar-refractivity contribution in [2.75, 3.05) is 13.1 Å². The SMILES string of the molecule is Clc1cccc(C#Cc2ccc(/C=N/NC3=NCCN3)cc2)c1. The first-order valence-corrected chi connectivity index (χ1v) is 7.62. The van der Waals surface area contributed by atoms with E-state index < -0.39 is 0 Å². The van der Waals surface area contributed by atoms with Crippen LogP contribution in [0.25, 0.3) is 0 Å². The normalized spacial score (nSPS) is 13.2. The Balaban J connectivity index is 1.62. The molecule has 0 bridgehead atoms. The lowest BCUT2D eigenvalue weighted by Crippen LogP contribution is -2.30. The predicted molar refractivity (Wildman–Crippen MR) is 94.9 cm³/mol. The Morgan fingerprint density at radius 3 is 2.70 bits per heavy atom. The third-order valence-corrected chi connectivity index (χ3v) is 3.38. The molecule has 0 amide bonds. The van der Waals surface area contributed by atoms with Crippen molar-refractivity contribution in [3.8, 4) is 11.8 Å². The Bertz CT molecular complexity index is 798. The lowest BCUT2D eigenvalue weighted by atomic mass is 10.1. The lowest BCUT2D eigenvalue weighted by Gasteiger charge is -1.99. The third kappa shape index (κ3) is 4.60. The van der Waals surface area contributed by atoms with E-state index in [-0.39, 0.29) is 0 Å². The van der Waals surface area contributed by atoms with Gasteiger partial charge < -0.3 is 5.32 Å². The Labute approximate surface area is 140 Å². The maximum absolute atomic E-state index is 5.94. The van der Waals surface area contributed by atoms with Gasteiger partial charge in [0.1, 0.15) is 0 Å². The van der Waals surface area contributed by atoms with Gasteiger partial charge in [-0.3, -0.25) is 0 Å². The molecule has 1 heterocycles. The first kappa shape index (κ1) is 15.1. The predicted octanol–water partition coefficient (Wildman–Crippen LogP) is 2.62. The summed E-state index contributed by atoms with van der Waals surface area (Å²) >= 11 is 5.94. The van der Waals surface area contributed by atoms with Crippen LogP contribution in [-0.2, 0) is 0 Å². The molecule has 0 fully saturated rings. The lowest BCUT2D eigenvalue weighted by molar-refractivity contribution is 0.920. The number of hydrogen-bond donors (Lipinski definition) is 2. The molecule has 0 aliphatic carbocycles. The fourth-order valence-electron chi connectivity index (χ4n) is 2.00. The molecule has 0 spiro atoms. The van der Waals surface area contributed by atoms with E-state index in [1.165, 1.54) is 0 Å². The van der Waals surface area contributed by atoms with E-state index in [0.717, 1.165) is 29.8 Å². The summed E-state index contributed by atoms with van der Waals surface area (Å²) in [4.78, 5) is 4.19. The molecule has 1 aliphatic rings. The van der Waals surface area contributed by atoms with Crippen molar-refractivity contribution in [2.24, 2.45) is 10.1 Å². The van der Waals surface area contributed by atoms with E-state index in [1.807, 2.05) is 48.5 Å². The number of halogens is 1. The average Bonchev–Trinajstić information content (AvgIpc) is 3.08. The van der Waals surface area contributed by atoms with Gasteiger partial charge in [-0.2, -0.15) is 5.10 Å². The second kappa shape index (κ2) is 7.48. The maximum Gasteiger partial charge on any atom is 0.212 e. The number of nitrogens with zero attached hydrogens (tertiary/aromatic N) is 2. The van der Waals surface area contributed by atoms with Crippen molar-refractivity contribution < 1.29 is 0 Å². The second-order valence-electron chi connectivity index (χ2n) is 4.91. The molecule has 0 saturated carbocycles. The summed E-state index contributed by atoms with van der Waals surface area (Å²) in [6.07, 6.45) is 1.75. The van der Waals surface area contributed by atoms with Crippen LogP contribution in [0.2, 0.25) is 5.02 Å². The molecular formula is C18H15ClN4. The number of rotatable bonds is 2. The minimum atomic E-state index is 0.692. The number of nitrogens with one attached hydrogen (secondary N) is 2. The van der Waals surface area contributed by atoms with E-state index in [9.17, 15) is 0 Å². The molecule has 3 rings (SSSR count). The van der Waals surface area contributed by atoms with Crippen LogP contribution in [0, 0.1) is 11.8 Å². The molecule has 0 saturated heterocycles. The van der Waals surface area contributed by atoms with Crippen molar-refractivity contribution in [2.45, 2.75) is 0 Å². The van der Waals surface area contributed by atoms with Gasteiger partial charge in [0.2, 0.25) is 5.96 Å². The molecule has 114 valence electrons. The van der Waals surface area contributed by atoms with Crippen molar-refractivity contribution in [3.63, 3.8) is 0 Å². The molecule has 5 heteroatoms. The maximum atomic E-state index is 5.94. The average molecular weight is 323 g/mol. The minimum Gasteiger partial charge on any atom is -0.353 e. The zero-order chi connectivity index (χ0) is 15.9. The van der Waals surface area contributed by atoms with Crippen LogP contribution in [0.1, 0.15) is 16.7 Å². The van der Waals surface area contributed by atoms with Crippen LogP contribution >= 0.6 is 11.6 Å². The zero-order valence-corrected chi connectivity index (χ0v) is 13.1. The summed E-state index contributed by atoms with van der Waals surface area (Å²) in [5.41, 5.74) is 5.70. The Hall–Kier alpha value is -2.77. The van der Waals surface area contributed by atoms with E-state index in [2.05, 4.69) is 32.7 Å². The highest BCUT2D eigenvalue weighted by atomic mass is 35.5. The number of hydrogen-bond acceptors (Lipinski definition) is 4. The molecule has 23 heavy (non-hydrogen) atoms. The number of guanidine groups is 1. The molecule has 4 nitrogen and oxygen atoms in total. The second-order valence-corrected chi connectivity index (χ2v) is 5.35. The zero-order valence-electron chi connectivity index (χ0n) is 12.4. The molecule has 0 radical (unpaired) electrons. The van der Waals surface area contributed by atoms with Gasteiger partial charge in [0.05, 0.1) is 12.8 Å². The fraction of sp³-hybridized carbons (Fsp3) is 0.111. The first-order chi connectivity index (χ1) is 11.3. The van der Waals surface area contributed by atoms with Gasteiger partial charge in [0, 0.05) is 22.7 Å². The van der Waals surface area contributed by atoms with Crippen molar-refractivity contribution in [1.82, 2.24) is 10.7 Å². The Morgan fingerprint density at radius 2 is 1.96 bits per heavy atom. The van der Waals surface area contributed by atoms with E-state index in [0.29, 0.717) is 11.0 Å². The highest BCUT2D eigenvalue weighted by Crippen LogP contribution is 2.09. The number of benzene rings is 2. The van der Waals surface area contributed by atoms with Gasteiger partial charge in [-0.15, -0.1) is 0 Å². The van der Waals surface area contributed by atoms with Gasteiger partial charge in [-0.05, 0) is 35.9 Å². The third-order valence-electron chi connectivity index (χ3n) is 3.14. The summed E-state index contributed by atoms with van der Waals surface area (Å²) in [6.45, 7) is 1.65. The topological polar surface area (TPSA) is 48.8 Å². The molecule has 0 aromatic heterocycles. The van der Waals surface area contributed by atoms with Crippen LogP contribution in [0.3, 0.4) is 0 Å². The molecule has 0 atom stereocenters. The van der Waals surface area contributed by atoms with Crippen LogP contribution in [0.5, 0.6) is 0 Å². The molecule has 2 aromatic rings. The van der Waals surface area contributed by atoms with Crippen LogP contribution < -0.4 is 10.7 Å².